The number of nitrogens with zero attached hydrogens (tertiary/aromatic N) is 1. The Morgan fingerprint density at radius 2 is 2.17 bits per heavy atom. The Hall–Kier alpha value is -2.14. The molecule has 0 saturated carbocycles. The molecule has 18 heavy (non-hydrogen) atoms. The number of rotatable bonds is 5. The van der Waals surface area contributed by atoms with Gasteiger partial charge >= 0.3 is 0 Å². The van der Waals surface area contributed by atoms with Gasteiger partial charge in [-0.3, -0.25) is 4.79 Å². The van der Waals surface area contributed by atoms with Crippen molar-refractivity contribution < 1.29 is 4.79 Å². The van der Waals surface area contributed by atoms with Crippen LogP contribution >= 0.6 is 11.3 Å². The molecule has 1 amide bonds. The van der Waals surface area contributed by atoms with Gasteiger partial charge in [-0.2, -0.15) is 0 Å². The Morgan fingerprint density at radius 1 is 1.39 bits per heavy atom. The van der Waals surface area contributed by atoms with Crippen LogP contribution < -0.4 is 10.6 Å². The predicted octanol–water partition coefficient (Wildman–Crippen LogP) is 2.80. The van der Waals surface area contributed by atoms with Crippen molar-refractivity contribution in [2.24, 2.45) is 0 Å². The molecule has 0 aliphatic heterocycles. The van der Waals surface area contributed by atoms with E-state index < -0.39 is 0 Å². The highest BCUT2D eigenvalue weighted by Crippen LogP contribution is 2.20. The molecule has 2 N–H and O–H groups in total. The van der Waals surface area contributed by atoms with Crippen LogP contribution in [0, 0.1) is 0 Å². The van der Waals surface area contributed by atoms with E-state index in [2.05, 4.69) is 22.2 Å². The van der Waals surface area contributed by atoms with Crippen LogP contribution in [0.2, 0.25) is 0 Å². The Balaban J connectivity index is 2.02. The molecule has 0 radical (unpaired) electrons. The zero-order valence-electron chi connectivity index (χ0n) is 9.72. The normalized spacial score (nSPS) is 9.78. The highest BCUT2D eigenvalue weighted by molar-refractivity contribution is 7.14. The molecule has 5 heteroatoms. The molecular formula is C13H13N3OS. The highest BCUT2D eigenvalue weighted by atomic mass is 32.1. The number of thiazole rings is 1. The zero-order chi connectivity index (χ0) is 12.8. The van der Waals surface area contributed by atoms with Crippen LogP contribution in [0.4, 0.5) is 10.8 Å². The maximum atomic E-state index is 11.6. The van der Waals surface area contributed by atoms with Crippen molar-refractivity contribution in [1.29, 1.82) is 0 Å². The van der Waals surface area contributed by atoms with E-state index in [1.54, 1.807) is 11.5 Å². The van der Waals surface area contributed by atoms with Gasteiger partial charge in [-0.25, -0.2) is 4.98 Å². The van der Waals surface area contributed by atoms with Crippen molar-refractivity contribution in [3.8, 4) is 0 Å². The van der Waals surface area contributed by atoms with Crippen molar-refractivity contribution in [2.45, 2.75) is 0 Å². The van der Waals surface area contributed by atoms with Crippen LogP contribution in [-0.2, 0) is 0 Å². The third-order valence-electron chi connectivity index (χ3n) is 2.17. The molecule has 0 aliphatic carbocycles. The molecule has 0 unspecified atom stereocenters. The summed E-state index contributed by atoms with van der Waals surface area (Å²) < 4.78 is 0. The van der Waals surface area contributed by atoms with Gasteiger partial charge in [0.25, 0.3) is 5.91 Å². The van der Waals surface area contributed by atoms with Gasteiger partial charge in [0.2, 0.25) is 0 Å². The molecule has 92 valence electrons. The van der Waals surface area contributed by atoms with E-state index in [-0.39, 0.29) is 5.91 Å². The van der Waals surface area contributed by atoms with Gasteiger partial charge in [-0.15, -0.1) is 17.9 Å². The maximum absolute atomic E-state index is 11.6. The number of carbonyl (C=O) groups excluding carboxylic acids is 1. The fraction of sp³-hybridized carbons (Fsp3) is 0.0769. The van der Waals surface area contributed by atoms with Crippen molar-refractivity contribution in [2.75, 3.05) is 11.9 Å². The van der Waals surface area contributed by atoms with Crippen molar-refractivity contribution >= 4 is 28.1 Å². The van der Waals surface area contributed by atoms with Crippen LogP contribution in [0.25, 0.3) is 0 Å². The number of nitrogens with one attached hydrogen (secondary N) is 2. The fourth-order valence-electron chi connectivity index (χ4n) is 1.34. The van der Waals surface area contributed by atoms with E-state index in [1.807, 2.05) is 30.3 Å². The van der Waals surface area contributed by atoms with Gasteiger partial charge in [-0.1, -0.05) is 24.3 Å². The number of benzene rings is 1. The summed E-state index contributed by atoms with van der Waals surface area (Å²) in [5.41, 5.74) is 1.37. The third-order valence-corrected chi connectivity index (χ3v) is 2.93. The zero-order valence-corrected chi connectivity index (χ0v) is 10.5. The minimum atomic E-state index is -0.188. The highest BCUT2D eigenvalue weighted by Gasteiger charge is 2.09. The number of para-hydroxylation sites is 1. The first-order valence-electron chi connectivity index (χ1n) is 5.46. The molecule has 4 nitrogen and oxygen atoms in total. The second-order valence-electron chi connectivity index (χ2n) is 3.53. The number of aromatic nitrogens is 1. The lowest BCUT2D eigenvalue weighted by atomic mass is 10.3. The summed E-state index contributed by atoms with van der Waals surface area (Å²) >= 11 is 1.40. The van der Waals surface area contributed by atoms with Gasteiger partial charge < -0.3 is 10.6 Å². The average Bonchev–Trinajstić information content (AvgIpc) is 2.86. The van der Waals surface area contributed by atoms with E-state index in [0.29, 0.717) is 17.4 Å². The Morgan fingerprint density at radius 3 is 2.89 bits per heavy atom. The number of hydrogen-bond donors (Lipinski definition) is 2. The first-order chi connectivity index (χ1) is 8.79. The lowest BCUT2D eigenvalue weighted by Gasteiger charge is -2.01. The minimum Gasteiger partial charge on any atom is -0.347 e. The van der Waals surface area contributed by atoms with Crippen LogP contribution in [-0.4, -0.2) is 17.4 Å². The largest absolute Gasteiger partial charge is 0.347 e. The van der Waals surface area contributed by atoms with E-state index >= 15 is 0 Å². The van der Waals surface area contributed by atoms with Crippen LogP contribution in [0.3, 0.4) is 0 Å². The number of amides is 1. The summed E-state index contributed by atoms with van der Waals surface area (Å²) in [6.07, 6.45) is 1.63. The van der Waals surface area contributed by atoms with Crippen LogP contribution in [0.5, 0.6) is 0 Å². The van der Waals surface area contributed by atoms with E-state index in [4.69, 9.17) is 0 Å². The van der Waals surface area contributed by atoms with Gasteiger partial charge in [-0.05, 0) is 12.1 Å². The minimum absolute atomic E-state index is 0.188. The van der Waals surface area contributed by atoms with Gasteiger partial charge in [0.05, 0.1) is 0 Å². The standard InChI is InChI=1S/C13H13N3OS/c1-2-8-14-12(17)11-9-18-13(16-11)15-10-6-4-3-5-7-10/h2-7,9H,1,8H2,(H,14,17)(H,15,16). The maximum Gasteiger partial charge on any atom is 0.271 e. The van der Waals surface area contributed by atoms with Crippen molar-refractivity contribution in [3.05, 3.63) is 54.1 Å². The number of carbonyl (C=O) groups is 1. The Kier molecular flexibility index (Phi) is 4.09. The molecule has 1 aromatic heterocycles. The van der Waals surface area contributed by atoms with E-state index in [0.717, 1.165) is 5.69 Å². The number of anilines is 2. The molecule has 0 atom stereocenters. The van der Waals surface area contributed by atoms with Crippen molar-refractivity contribution in [3.63, 3.8) is 0 Å². The summed E-state index contributed by atoms with van der Waals surface area (Å²) in [6.45, 7) is 3.98. The van der Waals surface area contributed by atoms with Crippen molar-refractivity contribution in [1.82, 2.24) is 10.3 Å². The van der Waals surface area contributed by atoms with E-state index in [9.17, 15) is 4.79 Å². The molecular weight excluding hydrogens is 246 g/mol. The summed E-state index contributed by atoms with van der Waals surface area (Å²) in [4.78, 5) is 15.8. The molecule has 0 bridgehead atoms. The summed E-state index contributed by atoms with van der Waals surface area (Å²) in [5.74, 6) is -0.188. The van der Waals surface area contributed by atoms with Gasteiger partial charge in [0.15, 0.2) is 5.13 Å². The lowest BCUT2D eigenvalue weighted by Crippen LogP contribution is -2.23. The second-order valence-corrected chi connectivity index (χ2v) is 4.39. The fourth-order valence-corrected chi connectivity index (χ4v) is 2.05. The Labute approximate surface area is 109 Å². The molecule has 0 fully saturated rings. The topological polar surface area (TPSA) is 54.0 Å². The third kappa shape index (κ3) is 3.18. The lowest BCUT2D eigenvalue weighted by molar-refractivity contribution is 0.0954. The monoisotopic (exact) mass is 259 g/mol. The summed E-state index contributed by atoms with van der Waals surface area (Å²) in [7, 11) is 0. The summed E-state index contributed by atoms with van der Waals surface area (Å²) in [5, 5.41) is 8.25. The molecule has 0 aliphatic rings. The average molecular weight is 259 g/mol. The SMILES string of the molecule is C=CCNC(=O)c1csc(Nc2ccccc2)n1. The second kappa shape index (κ2) is 5.97. The quantitative estimate of drug-likeness (QED) is 0.812. The van der Waals surface area contributed by atoms with Crippen LogP contribution in [0.1, 0.15) is 10.5 Å². The molecule has 2 rings (SSSR count). The first-order valence-corrected chi connectivity index (χ1v) is 6.34. The Bertz CT molecular complexity index is 536. The molecule has 1 aromatic carbocycles. The van der Waals surface area contributed by atoms with Gasteiger partial charge in [0, 0.05) is 17.6 Å². The molecule has 0 saturated heterocycles. The number of hydrogen-bond acceptors (Lipinski definition) is 4. The summed E-state index contributed by atoms with van der Waals surface area (Å²) in [6, 6.07) is 9.71. The molecule has 0 spiro atoms. The smallest absolute Gasteiger partial charge is 0.271 e. The van der Waals surface area contributed by atoms with E-state index in [1.165, 1.54) is 11.3 Å². The van der Waals surface area contributed by atoms with Crippen LogP contribution in [0.15, 0.2) is 48.4 Å². The first kappa shape index (κ1) is 12.3. The molecule has 1 heterocycles. The molecule has 2 aromatic rings. The van der Waals surface area contributed by atoms with Gasteiger partial charge in [0.1, 0.15) is 5.69 Å². The predicted molar refractivity (Wildman–Crippen MR) is 74.4 cm³/mol.